The quantitative estimate of drug-likeness (QED) is 0.477. The van der Waals surface area contributed by atoms with Crippen LogP contribution in [0.4, 0.5) is 4.39 Å². The van der Waals surface area contributed by atoms with Crippen LogP contribution in [0.5, 0.6) is 0 Å². The van der Waals surface area contributed by atoms with Gasteiger partial charge in [0.1, 0.15) is 5.82 Å². The number of hydrogen-bond acceptors (Lipinski definition) is 3. The Labute approximate surface area is 134 Å². The van der Waals surface area contributed by atoms with Crippen molar-refractivity contribution in [3.05, 3.63) is 77.1 Å². The summed E-state index contributed by atoms with van der Waals surface area (Å²) < 4.78 is 17.9. The van der Waals surface area contributed by atoms with Crippen LogP contribution in [0.1, 0.15) is 28.4 Å². The van der Waals surface area contributed by atoms with Gasteiger partial charge in [-0.15, -0.1) is 0 Å². The summed E-state index contributed by atoms with van der Waals surface area (Å²) in [6.07, 6.45) is 1.85. The summed E-state index contributed by atoms with van der Waals surface area (Å²) in [7, 11) is 0. The van der Waals surface area contributed by atoms with Gasteiger partial charge in [-0.2, -0.15) is 0 Å². The molecular formula is C19H17FO3. The number of ether oxygens (including phenoxy) is 1. The molecule has 4 heteroatoms. The second-order valence-corrected chi connectivity index (χ2v) is 5.19. The molecular weight excluding hydrogens is 295 g/mol. The molecule has 2 rings (SSSR count). The zero-order valence-electron chi connectivity index (χ0n) is 13.0. The number of carbonyl (C=O) groups is 2. The van der Waals surface area contributed by atoms with Crippen molar-refractivity contribution in [2.45, 2.75) is 20.0 Å². The third kappa shape index (κ3) is 4.88. The van der Waals surface area contributed by atoms with E-state index in [2.05, 4.69) is 0 Å². The van der Waals surface area contributed by atoms with E-state index in [1.54, 1.807) is 24.3 Å². The Hall–Kier alpha value is -2.75. The molecule has 23 heavy (non-hydrogen) atoms. The Kier molecular flexibility index (Phi) is 5.41. The molecule has 0 fully saturated rings. The first-order valence-electron chi connectivity index (χ1n) is 7.21. The summed E-state index contributed by atoms with van der Waals surface area (Å²) in [4.78, 5) is 23.9. The van der Waals surface area contributed by atoms with Gasteiger partial charge in [-0.3, -0.25) is 4.79 Å². The van der Waals surface area contributed by atoms with E-state index in [1.165, 1.54) is 31.2 Å². The molecule has 0 spiro atoms. The van der Waals surface area contributed by atoms with Gasteiger partial charge in [0, 0.05) is 11.6 Å². The van der Waals surface area contributed by atoms with Crippen LogP contribution in [0.15, 0.2) is 54.6 Å². The van der Waals surface area contributed by atoms with Crippen molar-refractivity contribution < 1.29 is 18.7 Å². The maximum atomic E-state index is 12.8. The van der Waals surface area contributed by atoms with Crippen molar-refractivity contribution in [3.63, 3.8) is 0 Å². The minimum Gasteiger partial charge on any atom is -0.451 e. The number of rotatable bonds is 5. The van der Waals surface area contributed by atoms with Gasteiger partial charge < -0.3 is 4.74 Å². The molecule has 0 N–H and O–H groups in total. The summed E-state index contributed by atoms with van der Waals surface area (Å²) >= 11 is 0. The fourth-order valence-electron chi connectivity index (χ4n) is 1.96. The average Bonchev–Trinajstić information content (AvgIpc) is 2.54. The molecule has 0 saturated carbocycles. The molecule has 0 saturated heterocycles. The summed E-state index contributed by atoms with van der Waals surface area (Å²) in [6, 6.07) is 12.8. The average molecular weight is 312 g/mol. The lowest BCUT2D eigenvalue weighted by molar-refractivity contribution is -0.140. The molecule has 0 bridgehead atoms. The zero-order valence-corrected chi connectivity index (χ0v) is 13.0. The Morgan fingerprint density at radius 2 is 1.65 bits per heavy atom. The zero-order chi connectivity index (χ0) is 16.8. The van der Waals surface area contributed by atoms with Crippen LogP contribution in [0.2, 0.25) is 0 Å². The molecule has 0 aliphatic heterocycles. The molecule has 1 atom stereocenters. The van der Waals surface area contributed by atoms with Gasteiger partial charge >= 0.3 is 5.97 Å². The topological polar surface area (TPSA) is 43.4 Å². The highest BCUT2D eigenvalue weighted by Gasteiger charge is 2.18. The lowest BCUT2D eigenvalue weighted by Crippen LogP contribution is -2.23. The molecule has 0 amide bonds. The minimum absolute atomic E-state index is 0.256. The number of hydrogen-bond donors (Lipinski definition) is 0. The molecule has 0 aliphatic rings. The van der Waals surface area contributed by atoms with Crippen molar-refractivity contribution in [1.29, 1.82) is 0 Å². The van der Waals surface area contributed by atoms with Crippen LogP contribution in [-0.4, -0.2) is 17.9 Å². The third-order valence-electron chi connectivity index (χ3n) is 3.28. The largest absolute Gasteiger partial charge is 0.451 e. The Balaban J connectivity index is 1.95. The highest BCUT2D eigenvalue weighted by molar-refractivity contribution is 6.01. The van der Waals surface area contributed by atoms with E-state index in [0.29, 0.717) is 11.1 Å². The van der Waals surface area contributed by atoms with Crippen molar-refractivity contribution >= 4 is 17.8 Å². The highest BCUT2D eigenvalue weighted by atomic mass is 19.1. The first-order valence-corrected chi connectivity index (χ1v) is 7.21. The molecule has 0 heterocycles. The van der Waals surface area contributed by atoms with Crippen molar-refractivity contribution in [3.8, 4) is 0 Å². The summed E-state index contributed by atoms with van der Waals surface area (Å²) in [5.41, 5.74) is 2.22. The van der Waals surface area contributed by atoms with Crippen LogP contribution in [-0.2, 0) is 9.53 Å². The van der Waals surface area contributed by atoms with Crippen molar-refractivity contribution in [1.82, 2.24) is 0 Å². The maximum Gasteiger partial charge on any atom is 0.331 e. The highest BCUT2D eigenvalue weighted by Crippen LogP contribution is 2.09. The van der Waals surface area contributed by atoms with Gasteiger partial charge in [0.2, 0.25) is 5.78 Å². The van der Waals surface area contributed by atoms with E-state index in [1.807, 2.05) is 19.1 Å². The molecule has 2 aromatic carbocycles. The standard InChI is InChI=1S/C19H17FO3/c1-13-3-8-16(9-4-13)19(22)14(2)23-18(21)12-7-15-5-10-17(20)11-6-15/h3-12,14H,1-2H3/b12-7+/t14-/m1/s1. The maximum absolute atomic E-state index is 12.8. The molecule has 118 valence electrons. The predicted octanol–water partition coefficient (Wildman–Crippen LogP) is 3.96. The fourth-order valence-corrected chi connectivity index (χ4v) is 1.96. The second-order valence-electron chi connectivity index (χ2n) is 5.19. The number of esters is 1. The van der Waals surface area contributed by atoms with Gasteiger partial charge in [-0.25, -0.2) is 9.18 Å². The first kappa shape index (κ1) is 16.6. The molecule has 0 aromatic heterocycles. The van der Waals surface area contributed by atoms with Gasteiger partial charge in [0.25, 0.3) is 0 Å². The first-order chi connectivity index (χ1) is 11.0. The van der Waals surface area contributed by atoms with Gasteiger partial charge in [0.05, 0.1) is 0 Å². The molecule has 3 nitrogen and oxygen atoms in total. The van der Waals surface area contributed by atoms with Gasteiger partial charge in [-0.05, 0) is 37.6 Å². The van der Waals surface area contributed by atoms with Crippen LogP contribution < -0.4 is 0 Å². The Morgan fingerprint density at radius 3 is 2.26 bits per heavy atom. The lowest BCUT2D eigenvalue weighted by atomic mass is 10.1. The fraction of sp³-hybridized carbons (Fsp3) is 0.158. The number of benzene rings is 2. The third-order valence-corrected chi connectivity index (χ3v) is 3.28. The number of Topliss-reactive ketones (excluding diaryl/α,β-unsaturated/α-hetero) is 1. The van der Waals surface area contributed by atoms with Crippen LogP contribution >= 0.6 is 0 Å². The van der Waals surface area contributed by atoms with E-state index in [9.17, 15) is 14.0 Å². The van der Waals surface area contributed by atoms with Crippen LogP contribution in [0, 0.1) is 12.7 Å². The summed E-state index contributed by atoms with van der Waals surface area (Å²) in [5, 5.41) is 0. The SMILES string of the molecule is Cc1ccc(C(=O)[C@@H](C)OC(=O)/C=C/c2ccc(F)cc2)cc1. The van der Waals surface area contributed by atoms with E-state index < -0.39 is 12.1 Å². The number of halogens is 1. The normalized spacial score (nSPS) is 12.1. The molecule has 0 radical (unpaired) electrons. The Bertz CT molecular complexity index is 715. The van der Waals surface area contributed by atoms with Gasteiger partial charge in [0.15, 0.2) is 6.10 Å². The summed E-state index contributed by atoms with van der Waals surface area (Å²) in [5.74, 6) is -1.22. The monoisotopic (exact) mass is 312 g/mol. The van der Waals surface area contributed by atoms with Crippen LogP contribution in [0.25, 0.3) is 6.08 Å². The predicted molar refractivity (Wildman–Crippen MR) is 86.5 cm³/mol. The van der Waals surface area contributed by atoms with Gasteiger partial charge in [-0.1, -0.05) is 42.0 Å². The van der Waals surface area contributed by atoms with E-state index >= 15 is 0 Å². The van der Waals surface area contributed by atoms with E-state index in [-0.39, 0.29) is 11.6 Å². The summed E-state index contributed by atoms with van der Waals surface area (Å²) in [6.45, 7) is 3.46. The van der Waals surface area contributed by atoms with Crippen molar-refractivity contribution in [2.75, 3.05) is 0 Å². The van der Waals surface area contributed by atoms with Crippen molar-refractivity contribution in [2.24, 2.45) is 0 Å². The van der Waals surface area contributed by atoms with E-state index in [4.69, 9.17) is 4.74 Å². The number of carbonyl (C=O) groups excluding carboxylic acids is 2. The Morgan fingerprint density at radius 1 is 1.04 bits per heavy atom. The molecule has 0 aliphatic carbocycles. The molecule has 0 unspecified atom stereocenters. The smallest absolute Gasteiger partial charge is 0.331 e. The number of ketones is 1. The lowest BCUT2D eigenvalue weighted by Gasteiger charge is -2.11. The second kappa shape index (κ2) is 7.49. The van der Waals surface area contributed by atoms with E-state index in [0.717, 1.165) is 5.56 Å². The molecule has 2 aromatic rings. The number of aryl methyl sites for hydroxylation is 1. The minimum atomic E-state index is -0.872. The van der Waals surface area contributed by atoms with Crippen LogP contribution in [0.3, 0.4) is 0 Å².